The molecule has 0 aromatic carbocycles. The van der Waals surface area contributed by atoms with Crippen molar-refractivity contribution in [1.29, 1.82) is 0 Å². The second-order valence-electron chi connectivity index (χ2n) is 2.35. The molecule has 0 saturated carbocycles. The molecular weight excluding hydrogens is 160 g/mol. The van der Waals surface area contributed by atoms with Crippen LogP contribution in [0.5, 0.6) is 0 Å². The molecule has 0 spiro atoms. The van der Waals surface area contributed by atoms with Gasteiger partial charge >= 0.3 is 0 Å². The molecule has 1 aliphatic rings. The minimum Gasteiger partial charge on any atom is -0.267 e. The average Bonchev–Trinajstić information content (AvgIpc) is 2.31. The maximum Gasteiger partial charge on any atom is 0.273 e. The number of anilines is 2. The smallest absolute Gasteiger partial charge is 0.267 e. The van der Waals surface area contributed by atoms with E-state index in [-0.39, 0.29) is 5.56 Å². The predicted octanol–water partition coefficient (Wildman–Crippen LogP) is -0.171. The van der Waals surface area contributed by atoms with E-state index in [1.54, 1.807) is 6.92 Å². The second kappa shape index (κ2) is 2.42. The van der Waals surface area contributed by atoms with Gasteiger partial charge in [-0.3, -0.25) is 4.79 Å². The number of fused-ring (bicyclic) bond motifs is 1. The predicted molar refractivity (Wildman–Crippen MR) is 41.4 cm³/mol. The summed E-state index contributed by atoms with van der Waals surface area (Å²) in [6.07, 6.45) is 0. The number of aryl methyl sites for hydroxylation is 1. The van der Waals surface area contributed by atoms with Crippen LogP contribution < -0.4 is 16.5 Å². The first-order chi connectivity index (χ1) is 5.75. The van der Waals surface area contributed by atoms with E-state index in [9.17, 15) is 4.79 Å². The fourth-order valence-electron chi connectivity index (χ4n) is 0.900. The summed E-state index contributed by atoms with van der Waals surface area (Å²) in [5, 5.41) is 0. The van der Waals surface area contributed by atoms with Gasteiger partial charge in [0.15, 0.2) is 5.82 Å². The zero-order valence-corrected chi connectivity index (χ0v) is 6.29. The molecule has 0 amide bonds. The van der Waals surface area contributed by atoms with Gasteiger partial charge in [-0.15, -0.1) is 0 Å². The van der Waals surface area contributed by atoms with Gasteiger partial charge in [0.2, 0.25) is 5.82 Å². The maximum atomic E-state index is 11.0. The van der Waals surface area contributed by atoms with Crippen molar-refractivity contribution in [1.82, 2.24) is 9.97 Å². The van der Waals surface area contributed by atoms with Crippen LogP contribution in [-0.2, 0) is 4.94 Å². The van der Waals surface area contributed by atoms with Crippen LogP contribution in [-0.4, -0.2) is 9.97 Å². The third-order valence-corrected chi connectivity index (χ3v) is 1.36. The second-order valence-corrected chi connectivity index (χ2v) is 2.35. The molecule has 12 heavy (non-hydrogen) atoms. The SMILES string of the molecule is Cc1cc(=O)nc2c(n1)NON2. The highest BCUT2D eigenvalue weighted by Gasteiger charge is 2.12. The molecule has 62 valence electrons. The highest BCUT2D eigenvalue weighted by Crippen LogP contribution is 2.18. The van der Waals surface area contributed by atoms with Gasteiger partial charge in [-0.05, 0) is 6.92 Å². The number of nitrogens with one attached hydrogen (secondary N) is 2. The molecule has 0 atom stereocenters. The lowest BCUT2D eigenvalue weighted by Gasteiger charge is -1.87. The standard InChI is InChI=1S/C6H6N4O2/c1-3-2-4(11)8-6-5(7-3)9-12-10-6/h2H,1H3,(H,7,9)(H,8,10,11). The fourth-order valence-corrected chi connectivity index (χ4v) is 0.900. The van der Waals surface area contributed by atoms with Gasteiger partial charge in [0.1, 0.15) is 0 Å². The number of hydrogen-bond donors (Lipinski definition) is 2. The first-order valence-electron chi connectivity index (χ1n) is 3.33. The van der Waals surface area contributed by atoms with E-state index in [1.807, 2.05) is 0 Å². The monoisotopic (exact) mass is 166 g/mol. The molecule has 1 aliphatic heterocycles. The van der Waals surface area contributed by atoms with Gasteiger partial charge < -0.3 is 0 Å². The van der Waals surface area contributed by atoms with Gasteiger partial charge in [-0.25, -0.2) is 15.9 Å². The summed E-state index contributed by atoms with van der Waals surface area (Å²) in [5.41, 5.74) is 5.11. The quantitative estimate of drug-likeness (QED) is 0.557. The van der Waals surface area contributed by atoms with E-state index in [1.165, 1.54) is 6.07 Å². The Morgan fingerprint density at radius 2 is 2.00 bits per heavy atom. The van der Waals surface area contributed by atoms with Crippen LogP contribution in [0.2, 0.25) is 0 Å². The van der Waals surface area contributed by atoms with E-state index >= 15 is 0 Å². The summed E-state index contributed by atoms with van der Waals surface area (Å²) < 4.78 is 0. The Bertz CT molecular complexity index is 379. The van der Waals surface area contributed by atoms with Crippen LogP contribution >= 0.6 is 0 Å². The lowest BCUT2D eigenvalue weighted by atomic mass is 10.5. The summed E-state index contributed by atoms with van der Waals surface area (Å²) in [5.74, 6) is 0.739. The van der Waals surface area contributed by atoms with Crippen LogP contribution in [0.1, 0.15) is 5.69 Å². The van der Waals surface area contributed by atoms with E-state index in [2.05, 4.69) is 25.9 Å². The van der Waals surface area contributed by atoms with Crippen LogP contribution in [0.15, 0.2) is 10.9 Å². The van der Waals surface area contributed by atoms with Crippen molar-refractivity contribution < 1.29 is 4.94 Å². The minimum atomic E-state index is -0.346. The average molecular weight is 166 g/mol. The van der Waals surface area contributed by atoms with Gasteiger partial charge in [-0.2, -0.15) is 9.92 Å². The normalized spacial score (nSPS) is 13.1. The molecule has 0 fully saturated rings. The fraction of sp³-hybridized carbons (Fsp3) is 0.167. The molecule has 0 bridgehead atoms. The van der Waals surface area contributed by atoms with Gasteiger partial charge in [0.05, 0.1) is 0 Å². The number of aromatic nitrogens is 2. The zero-order valence-electron chi connectivity index (χ0n) is 6.29. The Balaban J connectivity index is 2.72. The Morgan fingerprint density at radius 3 is 2.75 bits per heavy atom. The Morgan fingerprint density at radius 1 is 1.33 bits per heavy atom. The lowest BCUT2D eigenvalue weighted by molar-refractivity contribution is 0.280. The maximum absolute atomic E-state index is 11.0. The molecule has 0 radical (unpaired) electrons. The minimum absolute atomic E-state index is 0.313. The highest BCUT2D eigenvalue weighted by molar-refractivity contribution is 5.59. The van der Waals surface area contributed by atoms with Crippen LogP contribution in [0.4, 0.5) is 11.6 Å². The van der Waals surface area contributed by atoms with Crippen molar-refractivity contribution >= 4 is 11.6 Å². The molecule has 2 N–H and O–H groups in total. The molecule has 1 aromatic rings. The van der Waals surface area contributed by atoms with Crippen LogP contribution in [0.3, 0.4) is 0 Å². The van der Waals surface area contributed by atoms with E-state index in [0.29, 0.717) is 17.3 Å². The molecule has 0 saturated heterocycles. The largest absolute Gasteiger partial charge is 0.273 e. The number of rotatable bonds is 0. The Hall–Kier alpha value is -1.69. The Kier molecular flexibility index (Phi) is 1.41. The van der Waals surface area contributed by atoms with Gasteiger partial charge in [0.25, 0.3) is 5.56 Å². The summed E-state index contributed by atoms with van der Waals surface area (Å²) in [6, 6.07) is 1.35. The molecule has 1 aromatic heterocycles. The molecule has 2 heterocycles. The van der Waals surface area contributed by atoms with Crippen molar-refractivity contribution in [2.75, 3.05) is 11.0 Å². The molecule has 6 nitrogen and oxygen atoms in total. The zero-order chi connectivity index (χ0) is 8.55. The van der Waals surface area contributed by atoms with Crippen molar-refractivity contribution in [3.63, 3.8) is 0 Å². The third kappa shape index (κ3) is 1.08. The van der Waals surface area contributed by atoms with Crippen molar-refractivity contribution in [2.45, 2.75) is 6.92 Å². The molecule has 6 heteroatoms. The molecule has 0 unspecified atom stereocenters. The molecular formula is C6H6N4O2. The lowest BCUT2D eigenvalue weighted by Crippen LogP contribution is -2.03. The first-order valence-corrected chi connectivity index (χ1v) is 3.33. The van der Waals surface area contributed by atoms with Crippen molar-refractivity contribution in [3.05, 3.63) is 22.1 Å². The van der Waals surface area contributed by atoms with E-state index in [4.69, 9.17) is 0 Å². The molecule has 0 aliphatic carbocycles. The summed E-state index contributed by atoms with van der Waals surface area (Å²) in [6.45, 7) is 1.71. The highest BCUT2D eigenvalue weighted by atomic mass is 16.8. The molecule has 2 rings (SSSR count). The number of nitrogens with zero attached hydrogens (tertiary/aromatic N) is 2. The van der Waals surface area contributed by atoms with Gasteiger partial charge in [0, 0.05) is 11.8 Å². The third-order valence-electron chi connectivity index (χ3n) is 1.36. The summed E-state index contributed by atoms with van der Waals surface area (Å²) in [4.78, 5) is 23.3. The summed E-state index contributed by atoms with van der Waals surface area (Å²) in [7, 11) is 0. The first kappa shape index (κ1) is 6.99. The van der Waals surface area contributed by atoms with Gasteiger partial charge in [-0.1, -0.05) is 0 Å². The Labute approximate surface area is 67.5 Å². The number of hydrogen-bond acceptors (Lipinski definition) is 6. The topological polar surface area (TPSA) is 76.1 Å². The van der Waals surface area contributed by atoms with Crippen LogP contribution in [0, 0.1) is 6.92 Å². The van der Waals surface area contributed by atoms with Crippen LogP contribution in [0.25, 0.3) is 0 Å². The van der Waals surface area contributed by atoms with Crippen molar-refractivity contribution in [2.24, 2.45) is 0 Å². The van der Waals surface area contributed by atoms with E-state index < -0.39 is 0 Å². The van der Waals surface area contributed by atoms with Crippen molar-refractivity contribution in [3.8, 4) is 0 Å². The van der Waals surface area contributed by atoms with E-state index in [0.717, 1.165) is 0 Å². The summed E-state index contributed by atoms with van der Waals surface area (Å²) >= 11 is 0.